The van der Waals surface area contributed by atoms with Gasteiger partial charge in [0, 0.05) is 53.5 Å². The topological polar surface area (TPSA) is 50.6 Å². The third kappa shape index (κ3) is 6.66. The SMILES string of the molecule is O=C(C(Cc1ccc(Cl)cc1Cl)n1cccn1)N1CCC(c2ccc(Cl)cc2OCCN2CCCC2)CC1. The normalized spacial score (nSPS) is 17.6. The van der Waals surface area contributed by atoms with Crippen molar-refractivity contribution in [3.63, 3.8) is 0 Å². The van der Waals surface area contributed by atoms with Crippen molar-refractivity contribution in [2.45, 2.75) is 44.1 Å². The summed E-state index contributed by atoms with van der Waals surface area (Å²) in [5.41, 5.74) is 2.05. The molecule has 1 unspecified atom stereocenters. The van der Waals surface area contributed by atoms with Crippen molar-refractivity contribution in [1.29, 1.82) is 0 Å². The molecule has 2 aliphatic heterocycles. The first-order valence-corrected chi connectivity index (χ1v) is 14.5. The quantitative estimate of drug-likeness (QED) is 0.292. The average molecular weight is 576 g/mol. The van der Waals surface area contributed by atoms with Gasteiger partial charge in [0.15, 0.2) is 0 Å². The molecule has 1 aromatic heterocycles. The van der Waals surface area contributed by atoms with Gasteiger partial charge < -0.3 is 9.64 Å². The molecule has 0 aliphatic carbocycles. The van der Waals surface area contributed by atoms with Crippen LogP contribution >= 0.6 is 34.8 Å². The van der Waals surface area contributed by atoms with Crippen molar-refractivity contribution in [2.75, 3.05) is 39.3 Å². The minimum Gasteiger partial charge on any atom is -0.492 e. The molecule has 0 spiro atoms. The van der Waals surface area contributed by atoms with E-state index < -0.39 is 6.04 Å². The second kappa shape index (κ2) is 12.7. The fraction of sp³-hybridized carbons (Fsp3) is 0.448. The Balaban J connectivity index is 1.24. The van der Waals surface area contributed by atoms with Gasteiger partial charge in [0.1, 0.15) is 18.4 Å². The lowest BCUT2D eigenvalue weighted by Crippen LogP contribution is -2.43. The van der Waals surface area contributed by atoms with Crippen LogP contribution in [0.25, 0.3) is 0 Å². The number of rotatable bonds is 9. The predicted molar refractivity (Wildman–Crippen MR) is 153 cm³/mol. The lowest BCUT2D eigenvalue weighted by Gasteiger charge is -2.35. The Labute approximate surface area is 239 Å². The van der Waals surface area contributed by atoms with Gasteiger partial charge >= 0.3 is 0 Å². The molecule has 6 nitrogen and oxygen atoms in total. The van der Waals surface area contributed by atoms with E-state index in [-0.39, 0.29) is 5.91 Å². The van der Waals surface area contributed by atoms with E-state index >= 15 is 0 Å². The van der Waals surface area contributed by atoms with Crippen LogP contribution in [-0.2, 0) is 11.2 Å². The van der Waals surface area contributed by atoms with Crippen LogP contribution in [0.3, 0.4) is 0 Å². The molecular formula is C29H33Cl3N4O2. The van der Waals surface area contributed by atoms with Gasteiger partial charge in [-0.1, -0.05) is 46.9 Å². The van der Waals surface area contributed by atoms with Gasteiger partial charge in [-0.2, -0.15) is 5.10 Å². The molecule has 202 valence electrons. The van der Waals surface area contributed by atoms with Crippen LogP contribution in [0.4, 0.5) is 0 Å². The monoisotopic (exact) mass is 574 g/mol. The first kappa shape index (κ1) is 27.3. The summed E-state index contributed by atoms with van der Waals surface area (Å²) in [6.07, 6.45) is 8.25. The molecule has 2 fully saturated rings. The Morgan fingerprint density at radius 1 is 1.00 bits per heavy atom. The molecule has 0 saturated carbocycles. The van der Waals surface area contributed by atoms with Gasteiger partial charge in [0.25, 0.3) is 0 Å². The minimum atomic E-state index is -0.472. The highest BCUT2D eigenvalue weighted by atomic mass is 35.5. The molecule has 2 aliphatic rings. The van der Waals surface area contributed by atoms with Crippen molar-refractivity contribution in [3.05, 3.63) is 81.1 Å². The van der Waals surface area contributed by atoms with Gasteiger partial charge in [-0.05, 0) is 86.1 Å². The summed E-state index contributed by atoms with van der Waals surface area (Å²) >= 11 is 18.9. The zero-order valence-electron chi connectivity index (χ0n) is 21.4. The predicted octanol–water partition coefficient (Wildman–Crippen LogP) is 6.51. The number of hydrogen-bond acceptors (Lipinski definition) is 4. The molecule has 0 bridgehead atoms. The maximum Gasteiger partial charge on any atom is 0.247 e. The largest absolute Gasteiger partial charge is 0.492 e. The van der Waals surface area contributed by atoms with Gasteiger partial charge in [-0.25, -0.2) is 0 Å². The number of nitrogens with zero attached hydrogens (tertiary/aromatic N) is 4. The smallest absolute Gasteiger partial charge is 0.247 e. The van der Waals surface area contributed by atoms with Crippen LogP contribution < -0.4 is 4.74 Å². The van der Waals surface area contributed by atoms with E-state index in [1.54, 1.807) is 23.0 Å². The number of halogens is 3. The van der Waals surface area contributed by atoms with E-state index in [0.717, 1.165) is 43.8 Å². The van der Waals surface area contributed by atoms with E-state index in [0.29, 0.717) is 47.1 Å². The van der Waals surface area contributed by atoms with Gasteiger partial charge in [-0.15, -0.1) is 0 Å². The zero-order chi connectivity index (χ0) is 26.5. The highest BCUT2D eigenvalue weighted by molar-refractivity contribution is 6.35. The molecule has 3 aromatic rings. The number of benzene rings is 2. The molecule has 9 heteroatoms. The Morgan fingerprint density at radius 2 is 1.74 bits per heavy atom. The van der Waals surface area contributed by atoms with Gasteiger partial charge in [-0.3, -0.25) is 14.4 Å². The summed E-state index contributed by atoms with van der Waals surface area (Å²) in [7, 11) is 0. The van der Waals surface area contributed by atoms with Gasteiger partial charge in [0.05, 0.1) is 0 Å². The second-order valence-electron chi connectivity index (χ2n) is 10.1. The van der Waals surface area contributed by atoms with Crippen LogP contribution in [0.1, 0.15) is 48.8 Å². The van der Waals surface area contributed by atoms with Crippen molar-refractivity contribution in [2.24, 2.45) is 0 Å². The summed E-state index contributed by atoms with van der Waals surface area (Å²) < 4.78 is 7.97. The third-order valence-corrected chi connectivity index (χ3v) is 8.47. The average Bonchev–Trinajstić information content (AvgIpc) is 3.63. The number of carbonyl (C=O) groups excluding carboxylic acids is 1. The second-order valence-corrected chi connectivity index (χ2v) is 11.4. The molecule has 2 saturated heterocycles. The Kier molecular flexibility index (Phi) is 9.16. The molecule has 5 rings (SSSR count). The Morgan fingerprint density at radius 3 is 2.45 bits per heavy atom. The standard InChI is InChI=1S/C29H33Cl3N4O2/c30-23-5-4-22(26(32)19-23)18-27(36-13-3-10-33-36)29(37)35-14-8-21(9-15-35)25-7-6-24(31)20-28(25)38-17-16-34-11-1-2-12-34/h3-7,10,13,19-21,27H,1-2,8-9,11-12,14-18H2. The maximum absolute atomic E-state index is 13.8. The minimum absolute atomic E-state index is 0.0522. The van der Waals surface area contributed by atoms with Crippen LogP contribution in [0.2, 0.25) is 15.1 Å². The molecule has 1 atom stereocenters. The number of aromatic nitrogens is 2. The van der Waals surface area contributed by atoms with Gasteiger partial charge in [0.2, 0.25) is 5.91 Å². The fourth-order valence-electron chi connectivity index (χ4n) is 5.54. The number of piperidine rings is 1. The molecule has 0 N–H and O–H groups in total. The van der Waals surface area contributed by atoms with Crippen molar-refractivity contribution in [3.8, 4) is 5.75 Å². The summed E-state index contributed by atoms with van der Waals surface area (Å²) in [6.45, 7) is 5.25. The lowest BCUT2D eigenvalue weighted by molar-refractivity contribution is -0.136. The summed E-state index contributed by atoms with van der Waals surface area (Å²) in [4.78, 5) is 18.2. The zero-order valence-corrected chi connectivity index (χ0v) is 23.6. The summed E-state index contributed by atoms with van der Waals surface area (Å²) in [6, 6.07) is 12.7. The first-order chi connectivity index (χ1) is 18.5. The number of ether oxygens (including phenoxy) is 1. The highest BCUT2D eigenvalue weighted by Gasteiger charge is 2.31. The molecule has 0 radical (unpaired) electrons. The number of amides is 1. The number of hydrogen-bond donors (Lipinski definition) is 0. The molecule has 38 heavy (non-hydrogen) atoms. The van der Waals surface area contributed by atoms with E-state index in [1.807, 2.05) is 35.4 Å². The van der Waals surface area contributed by atoms with Crippen molar-refractivity contribution >= 4 is 40.7 Å². The Hall–Kier alpha value is -2.25. The van der Waals surface area contributed by atoms with Crippen LogP contribution in [0.5, 0.6) is 5.75 Å². The molecule has 1 amide bonds. The maximum atomic E-state index is 13.8. The number of likely N-dealkylation sites (tertiary alicyclic amines) is 2. The van der Waals surface area contributed by atoms with E-state index in [1.165, 1.54) is 18.4 Å². The molecular weight excluding hydrogens is 543 g/mol. The van der Waals surface area contributed by atoms with Crippen molar-refractivity contribution < 1.29 is 9.53 Å². The fourth-order valence-corrected chi connectivity index (χ4v) is 6.19. The number of carbonyl (C=O) groups is 1. The summed E-state index contributed by atoms with van der Waals surface area (Å²) in [5.74, 6) is 1.23. The van der Waals surface area contributed by atoms with E-state index in [9.17, 15) is 4.79 Å². The summed E-state index contributed by atoms with van der Waals surface area (Å²) in [5, 5.41) is 6.19. The Bertz CT molecular complexity index is 1220. The molecule has 3 heterocycles. The third-order valence-electron chi connectivity index (χ3n) is 7.64. The van der Waals surface area contributed by atoms with Crippen LogP contribution in [0, 0.1) is 0 Å². The molecule has 2 aromatic carbocycles. The van der Waals surface area contributed by atoms with Crippen LogP contribution in [-0.4, -0.2) is 64.8 Å². The van der Waals surface area contributed by atoms with Crippen LogP contribution in [0.15, 0.2) is 54.9 Å². The van der Waals surface area contributed by atoms with Crippen molar-refractivity contribution in [1.82, 2.24) is 19.6 Å². The first-order valence-electron chi connectivity index (χ1n) is 13.3. The van der Waals surface area contributed by atoms with E-state index in [4.69, 9.17) is 39.5 Å². The highest BCUT2D eigenvalue weighted by Crippen LogP contribution is 2.37. The lowest BCUT2D eigenvalue weighted by atomic mass is 9.88. The van der Waals surface area contributed by atoms with E-state index in [2.05, 4.69) is 16.1 Å².